The lowest BCUT2D eigenvalue weighted by Crippen LogP contribution is -2.21. The average Bonchev–Trinajstić information content (AvgIpc) is 2.64. The van der Waals surface area contributed by atoms with Crippen LogP contribution in [0.4, 0.5) is 5.69 Å². The molecule has 0 spiro atoms. The zero-order chi connectivity index (χ0) is 19.6. The molecule has 0 bridgehead atoms. The van der Waals surface area contributed by atoms with Crippen molar-refractivity contribution in [3.05, 3.63) is 53.6 Å². The van der Waals surface area contributed by atoms with Crippen LogP contribution in [-0.4, -0.2) is 31.7 Å². The molecule has 1 N–H and O–H groups in total. The molecule has 144 valence electrons. The molecule has 0 saturated heterocycles. The van der Waals surface area contributed by atoms with Gasteiger partial charge in [0.2, 0.25) is 0 Å². The van der Waals surface area contributed by atoms with E-state index in [1.54, 1.807) is 18.2 Å². The van der Waals surface area contributed by atoms with Crippen molar-refractivity contribution in [1.82, 2.24) is 0 Å². The van der Waals surface area contributed by atoms with Gasteiger partial charge < -0.3 is 19.5 Å². The number of anilines is 1. The first kappa shape index (κ1) is 20.3. The Kier molecular flexibility index (Phi) is 7.67. The number of carbonyl (C=O) groups excluding carboxylic acids is 2. The Labute approximate surface area is 159 Å². The molecule has 2 rings (SSSR count). The van der Waals surface area contributed by atoms with Crippen LogP contribution in [0.1, 0.15) is 25.0 Å². The third kappa shape index (κ3) is 6.33. The van der Waals surface area contributed by atoms with E-state index in [-0.39, 0.29) is 13.0 Å². The number of benzene rings is 2. The van der Waals surface area contributed by atoms with Gasteiger partial charge in [-0.25, -0.2) is 0 Å². The normalized spacial score (nSPS) is 10.2. The number of rotatable bonds is 9. The molecule has 0 heterocycles. The van der Waals surface area contributed by atoms with Gasteiger partial charge in [-0.2, -0.15) is 0 Å². The van der Waals surface area contributed by atoms with Crippen molar-refractivity contribution in [3.63, 3.8) is 0 Å². The molecule has 2 aromatic carbocycles. The summed E-state index contributed by atoms with van der Waals surface area (Å²) in [5, 5.41) is 2.69. The fourth-order valence-electron chi connectivity index (χ4n) is 2.49. The largest absolute Gasteiger partial charge is 0.490 e. The van der Waals surface area contributed by atoms with Crippen LogP contribution in [0.15, 0.2) is 42.5 Å². The van der Waals surface area contributed by atoms with Crippen LogP contribution in [0.25, 0.3) is 0 Å². The SMILES string of the molecule is CCOc1ccc(NC(=O)COC(=O)Cc2ccccc2C)cc1OCC. The molecule has 0 unspecified atom stereocenters. The Hall–Kier alpha value is -3.02. The molecule has 27 heavy (non-hydrogen) atoms. The van der Waals surface area contributed by atoms with E-state index in [1.807, 2.05) is 45.0 Å². The van der Waals surface area contributed by atoms with Gasteiger partial charge in [-0.3, -0.25) is 9.59 Å². The Morgan fingerprint density at radius 3 is 2.37 bits per heavy atom. The van der Waals surface area contributed by atoms with Crippen LogP contribution < -0.4 is 14.8 Å². The summed E-state index contributed by atoms with van der Waals surface area (Å²) in [4.78, 5) is 24.0. The van der Waals surface area contributed by atoms with Crippen LogP contribution in [-0.2, 0) is 20.7 Å². The molecule has 0 aliphatic rings. The van der Waals surface area contributed by atoms with Crippen molar-refractivity contribution >= 4 is 17.6 Å². The highest BCUT2D eigenvalue weighted by molar-refractivity contribution is 5.93. The van der Waals surface area contributed by atoms with E-state index < -0.39 is 11.9 Å². The van der Waals surface area contributed by atoms with Crippen LogP contribution in [0.5, 0.6) is 11.5 Å². The predicted octanol–water partition coefficient (Wildman–Crippen LogP) is 3.52. The number of hydrogen-bond donors (Lipinski definition) is 1. The zero-order valence-electron chi connectivity index (χ0n) is 15.9. The standard InChI is InChI=1S/C21H25NO5/c1-4-25-18-11-10-17(13-19(18)26-5-2)22-20(23)14-27-21(24)12-16-9-7-6-8-15(16)3/h6-11,13H,4-5,12,14H2,1-3H3,(H,22,23). The minimum absolute atomic E-state index is 0.136. The fourth-order valence-corrected chi connectivity index (χ4v) is 2.49. The van der Waals surface area contributed by atoms with Gasteiger partial charge in [0, 0.05) is 11.8 Å². The third-order valence-corrected chi connectivity index (χ3v) is 3.79. The van der Waals surface area contributed by atoms with E-state index in [0.29, 0.717) is 30.4 Å². The van der Waals surface area contributed by atoms with Crippen molar-refractivity contribution < 1.29 is 23.8 Å². The number of aryl methyl sites for hydroxylation is 1. The molecule has 0 atom stereocenters. The molecule has 0 aliphatic carbocycles. The Balaban J connectivity index is 1.88. The first-order valence-corrected chi connectivity index (χ1v) is 8.93. The highest BCUT2D eigenvalue weighted by Gasteiger charge is 2.12. The van der Waals surface area contributed by atoms with Crippen molar-refractivity contribution in [2.75, 3.05) is 25.1 Å². The van der Waals surface area contributed by atoms with E-state index in [0.717, 1.165) is 11.1 Å². The first-order chi connectivity index (χ1) is 13.0. The second kappa shape index (κ2) is 10.2. The lowest BCUT2D eigenvalue weighted by atomic mass is 10.1. The molecule has 0 fully saturated rings. The minimum atomic E-state index is -0.443. The van der Waals surface area contributed by atoms with E-state index in [2.05, 4.69) is 5.32 Å². The highest BCUT2D eigenvalue weighted by atomic mass is 16.5. The molecule has 0 aromatic heterocycles. The molecular formula is C21H25NO5. The third-order valence-electron chi connectivity index (χ3n) is 3.79. The second-order valence-electron chi connectivity index (χ2n) is 5.84. The van der Waals surface area contributed by atoms with Crippen molar-refractivity contribution in [1.29, 1.82) is 0 Å². The fraction of sp³-hybridized carbons (Fsp3) is 0.333. The quantitative estimate of drug-likeness (QED) is 0.683. The lowest BCUT2D eigenvalue weighted by molar-refractivity contribution is -0.146. The van der Waals surface area contributed by atoms with Crippen LogP contribution in [0, 0.1) is 6.92 Å². The van der Waals surface area contributed by atoms with Gasteiger partial charge in [-0.15, -0.1) is 0 Å². The maximum Gasteiger partial charge on any atom is 0.310 e. The van der Waals surface area contributed by atoms with Gasteiger partial charge in [-0.1, -0.05) is 24.3 Å². The molecule has 0 aliphatic heterocycles. The van der Waals surface area contributed by atoms with Gasteiger partial charge in [0.25, 0.3) is 5.91 Å². The number of hydrogen-bond acceptors (Lipinski definition) is 5. The summed E-state index contributed by atoms with van der Waals surface area (Å²) in [6.07, 6.45) is 0.136. The van der Waals surface area contributed by atoms with E-state index in [9.17, 15) is 9.59 Å². The summed E-state index contributed by atoms with van der Waals surface area (Å²) in [5.74, 6) is 0.302. The molecule has 0 radical (unpaired) electrons. The Morgan fingerprint density at radius 1 is 0.963 bits per heavy atom. The lowest BCUT2D eigenvalue weighted by Gasteiger charge is -2.13. The number of carbonyl (C=O) groups is 2. The van der Waals surface area contributed by atoms with Gasteiger partial charge in [0.1, 0.15) is 0 Å². The number of esters is 1. The number of ether oxygens (including phenoxy) is 3. The van der Waals surface area contributed by atoms with E-state index >= 15 is 0 Å². The smallest absolute Gasteiger partial charge is 0.310 e. The molecule has 6 heteroatoms. The van der Waals surface area contributed by atoms with Crippen molar-refractivity contribution in [2.24, 2.45) is 0 Å². The summed E-state index contributed by atoms with van der Waals surface area (Å²) >= 11 is 0. The van der Waals surface area contributed by atoms with Crippen LogP contribution in [0.3, 0.4) is 0 Å². The van der Waals surface area contributed by atoms with E-state index in [1.165, 1.54) is 0 Å². The van der Waals surface area contributed by atoms with Gasteiger partial charge >= 0.3 is 5.97 Å². The highest BCUT2D eigenvalue weighted by Crippen LogP contribution is 2.30. The zero-order valence-corrected chi connectivity index (χ0v) is 15.9. The van der Waals surface area contributed by atoms with Crippen LogP contribution >= 0.6 is 0 Å². The second-order valence-corrected chi connectivity index (χ2v) is 5.84. The van der Waals surface area contributed by atoms with Gasteiger partial charge in [0.05, 0.1) is 19.6 Å². The molecule has 6 nitrogen and oxygen atoms in total. The maximum absolute atomic E-state index is 12.1. The Morgan fingerprint density at radius 2 is 1.67 bits per heavy atom. The maximum atomic E-state index is 12.1. The number of amides is 1. The van der Waals surface area contributed by atoms with Crippen LogP contribution in [0.2, 0.25) is 0 Å². The summed E-state index contributed by atoms with van der Waals surface area (Å²) in [7, 11) is 0. The van der Waals surface area contributed by atoms with E-state index in [4.69, 9.17) is 14.2 Å². The van der Waals surface area contributed by atoms with Gasteiger partial charge in [0.15, 0.2) is 18.1 Å². The molecular weight excluding hydrogens is 346 g/mol. The summed E-state index contributed by atoms with van der Waals surface area (Å²) in [6, 6.07) is 12.7. The number of nitrogens with one attached hydrogen (secondary N) is 1. The summed E-state index contributed by atoms with van der Waals surface area (Å²) in [6.45, 7) is 6.33. The summed E-state index contributed by atoms with van der Waals surface area (Å²) in [5.41, 5.74) is 2.44. The molecule has 0 saturated carbocycles. The predicted molar refractivity (Wildman–Crippen MR) is 103 cm³/mol. The average molecular weight is 371 g/mol. The molecule has 2 aromatic rings. The first-order valence-electron chi connectivity index (χ1n) is 8.93. The minimum Gasteiger partial charge on any atom is -0.490 e. The van der Waals surface area contributed by atoms with Crippen molar-refractivity contribution in [2.45, 2.75) is 27.2 Å². The van der Waals surface area contributed by atoms with Crippen molar-refractivity contribution in [3.8, 4) is 11.5 Å². The van der Waals surface area contributed by atoms with Gasteiger partial charge in [-0.05, 0) is 44.0 Å². The topological polar surface area (TPSA) is 73.9 Å². The molecule has 1 amide bonds. The Bertz CT molecular complexity index is 788. The summed E-state index contributed by atoms with van der Waals surface area (Å²) < 4.78 is 16.1. The monoisotopic (exact) mass is 371 g/mol.